The van der Waals surface area contributed by atoms with Crippen LogP contribution in [0, 0.1) is 0 Å². The Kier molecular flexibility index (Phi) is 3.63. The summed E-state index contributed by atoms with van der Waals surface area (Å²) in [6, 6.07) is 0. The summed E-state index contributed by atoms with van der Waals surface area (Å²) in [7, 11) is 0. The van der Waals surface area contributed by atoms with Crippen LogP contribution in [0.5, 0.6) is 0 Å². The van der Waals surface area contributed by atoms with Crippen molar-refractivity contribution in [3.8, 4) is 0 Å². The highest BCUT2D eigenvalue weighted by atomic mass is 32.1. The number of rotatable bonds is 4. The molecule has 0 amide bonds. The Balaban J connectivity index is 3.06. The maximum absolute atomic E-state index is 10.9. The summed E-state index contributed by atoms with van der Waals surface area (Å²) in [5.74, 6) is -0.670. The first kappa shape index (κ1) is 11.2. The maximum Gasteiger partial charge on any atom is 0.347 e. The molecular formula is C10H15NO2S. The van der Waals surface area contributed by atoms with Gasteiger partial charge in [-0.2, -0.15) is 0 Å². The number of carboxylic acid groups (broad SMARTS) is 1. The fraction of sp³-hybridized carbons (Fsp3) is 0.600. The summed E-state index contributed by atoms with van der Waals surface area (Å²) in [6.45, 7) is 6.01. The van der Waals surface area contributed by atoms with Gasteiger partial charge in [-0.15, -0.1) is 11.3 Å². The molecule has 0 radical (unpaired) electrons. The highest BCUT2D eigenvalue weighted by Crippen LogP contribution is 2.25. The lowest BCUT2D eigenvalue weighted by atomic mass is 10.1. The highest BCUT2D eigenvalue weighted by Gasteiger charge is 2.18. The summed E-state index contributed by atoms with van der Waals surface area (Å²) in [4.78, 5) is 15.7. The average Bonchev–Trinajstić information content (AvgIpc) is 2.49. The molecule has 0 saturated heterocycles. The number of aromatic carboxylic acids is 1. The molecule has 1 rings (SSSR count). The van der Waals surface area contributed by atoms with E-state index in [1.54, 1.807) is 0 Å². The van der Waals surface area contributed by atoms with Crippen LogP contribution in [0.3, 0.4) is 0 Å². The molecule has 0 aliphatic rings. The molecule has 0 saturated carbocycles. The Morgan fingerprint density at radius 3 is 2.57 bits per heavy atom. The lowest BCUT2D eigenvalue weighted by Gasteiger charge is -2.00. The van der Waals surface area contributed by atoms with Crippen LogP contribution in [0.15, 0.2) is 0 Å². The highest BCUT2D eigenvalue weighted by molar-refractivity contribution is 7.13. The van der Waals surface area contributed by atoms with Gasteiger partial charge < -0.3 is 5.11 Å². The third-order valence-electron chi connectivity index (χ3n) is 1.90. The molecule has 4 heteroatoms. The Morgan fingerprint density at radius 2 is 2.21 bits per heavy atom. The van der Waals surface area contributed by atoms with Crippen molar-refractivity contribution in [3.63, 3.8) is 0 Å². The fourth-order valence-corrected chi connectivity index (χ4v) is 2.40. The van der Waals surface area contributed by atoms with Gasteiger partial charge in [0.05, 0.1) is 10.7 Å². The molecule has 1 heterocycles. The summed E-state index contributed by atoms with van der Waals surface area (Å²) < 4.78 is 0. The molecule has 0 bridgehead atoms. The number of carboxylic acids is 1. The summed E-state index contributed by atoms with van der Waals surface area (Å²) in [5.41, 5.74) is 0.728. The summed E-state index contributed by atoms with van der Waals surface area (Å²) in [5, 5.41) is 9.91. The quantitative estimate of drug-likeness (QED) is 0.836. The van der Waals surface area contributed by atoms with Crippen molar-refractivity contribution in [2.24, 2.45) is 0 Å². The standard InChI is InChI=1S/C10H15NO2S/c1-4-5-7-11-8(6(2)3)9(14-7)10(12)13/h6H,4-5H2,1-3H3,(H,12,13). The monoisotopic (exact) mass is 213 g/mol. The number of hydrogen-bond donors (Lipinski definition) is 1. The van der Waals surface area contributed by atoms with Crippen LogP contribution in [-0.4, -0.2) is 16.1 Å². The van der Waals surface area contributed by atoms with E-state index in [1.807, 2.05) is 13.8 Å². The number of thiazole rings is 1. The molecule has 0 aromatic carbocycles. The number of nitrogens with zero attached hydrogens (tertiary/aromatic N) is 1. The molecule has 0 atom stereocenters. The first-order valence-corrected chi connectivity index (χ1v) is 5.60. The van der Waals surface area contributed by atoms with Crippen LogP contribution >= 0.6 is 11.3 Å². The van der Waals surface area contributed by atoms with Crippen molar-refractivity contribution in [1.82, 2.24) is 4.98 Å². The average molecular weight is 213 g/mol. The smallest absolute Gasteiger partial charge is 0.347 e. The number of aromatic nitrogens is 1. The topological polar surface area (TPSA) is 50.2 Å². The minimum Gasteiger partial charge on any atom is -0.477 e. The van der Waals surface area contributed by atoms with E-state index in [-0.39, 0.29) is 5.92 Å². The summed E-state index contributed by atoms with van der Waals surface area (Å²) in [6.07, 6.45) is 1.88. The number of aryl methyl sites for hydroxylation is 1. The van der Waals surface area contributed by atoms with E-state index in [0.29, 0.717) is 4.88 Å². The van der Waals surface area contributed by atoms with E-state index < -0.39 is 5.97 Å². The van der Waals surface area contributed by atoms with E-state index in [9.17, 15) is 4.79 Å². The van der Waals surface area contributed by atoms with E-state index in [4.69, 9.17) is 5.11 Å². The van der Waals surface area contributed by atoms with Crippen LogP contribution in [0.2, 0.25) is 0 Å². The van der Waals surface area contributed by atoms with E-state index in [2.05, 4.69) is 11.9 Å². The zero-order valence-electron chi connectivity index (χ0n) is 8.70. The largest absolute Gasteiger partial charge is 0.477 e. The normalized spacial score (nSPS) is 10.9. The van der Waals surface area contributed by atoms with Crippen LogP contribution in [0.1, 0.15) is 53.5 Å². The second kappa shape index (κ2) is 4.55. The predicted octanol–water partition coefficient (Wildman–Crippen LogP) is 2.92. The molecule has 14 heavy (non-hydrogen) atoms. The van der Waals surface area contributed by atoms with Gasteiger partial charge >= 0.3 is 5.97 Å². The molecule has 0 fully saturated rings. The Labute approximate surface area is 87.8 Å². The molecular weight excluding hydrogens is 198 g/mol. The van der Waals surface area contributed by atoms with Crippen molar-refractivity contribution in [2.45, 2.75) is 39.5 Å². The number of hydrogen-bond acceptors (Lipinski definition) is 3. The Bertz CT molecular complexity index is 331. The minimum absolute atomic E-state index is 0.183. The molecule has 0 unspecified atom stereocenters. The zero-order valence-corrected chi connectivity index (χ0v) is 9.52. The Hall–Kier alpha value is -0.900. The first-order valence-electron chi connectivity index (χ1n) is 4.79. The van der Waals surface area contributed by atoms with Crippen LogP contribution in [-0.2, 0) is 6.42 Å². The summed E-state index contributed by atoms with van der Waals surface area (Å²) >= 11 is 1.31. The molecule has 78 valence electrons. The molecule has 1 aromatic rings. The zero-order chi connectivity index (χ0) is 10.7. The third-order valence-corrected chi connectivity index (χ3v) is 3.02. The van der Waals surface area contributed by atoms with Crippen molar-refractivity contribution in [3.05, 3.63) is 15.6 Å². The van der Waals surface area contributed by atoms with Gasteiger partial charge in [-0.1, -0.05) is 20.8 Å². The Morgan fingerprint density at radius 1 is 1.57 bits per heavy atom. The minimum atomic E-state index is -0.853. The van der Waals surface area contributed by atoms with Crippen molar-refractivity contribution < 1.29 is 9.90 Å². The van der Waals surface area contributed by atoms with Gasteiger partial charge in [0, 0.05) is 0 Å². The van der Waals surface area contributed by atoms with Gasteiger partial charge in [-0.25, -0.2) is 9.78 Å². The second-order valence-corrected chi connectivity index (χ2v) is 4.62. The molecule has 0 aliphatic carbocycles. The molecule has 0 spiro atoms. The van der Waals surface area contributed by atoms with E-state index in [0.717, 1.165) is 23.5 Å². The van der Waals surface area contributed by atoms with Crippen molar-refractivity contribution >= 4 is 17.3 Å². The van der Waals surface area contributed by atoms with Gasteiger partial charge in [-0.3, -0.25) is 0 Å². The van der Waals surface area contributed by atoms with Crippen LogP contribution in [0.4, 0.5) is 0 Å². The van der Waals surface area contributed by atoms with Crippen LogP contribution in [0.25, 0.3) is 0 Å². The van der Waals surface area contributed by atoms with Gasteiger partial charge in [0.1, 0.15) is 4.88 Å². The van der Waals surface area contributed by atoms with Gasteiger partial charge in [0.15, 0.2) is 0 Å². The van der Waals surface area contributed by atoms with E-state index >= 15 is 0 Å². The lowest BCUT2D eigenvalue weighted by molar-refractivity contribution is 0.0700. The van der Waals surface area contributed by atoms with Crippen molar-refractivity contribution in [2.75, 3.05) is 0 Å². The number of carbonyl (C=O) groups is 1. The lowest BCUT2D eigenvalue weighted by Crippen LogP contribution is -2.00. The SMILES string of the molecule is CCCc1nc(C(C)C)c(C(=O)O)s1. The maximum atomic E-state index is 10.9. The van der Waals surface area contributed by atoms with Gasteiger partial charge in [-0.05, 0) is 18.8 Å². The second-order valence-electron chi connectivity index (χ2n) is 3.53. The molecule has 0 aliphatic heterocycles. The van der Waals surface area contributed by atoms with Gasteiger partial charge in [0.2, 0.25) is 0 Å². The van der Waals surface area contributed by atoms with E-state index in [1.165, 1.54) is 11.3 Å². The molecule has 1 aromatic heterocycles. The van der Waals surface area contributed by atoms with Gasteiger partial charge in [0.25, 0.3) is 0 Å². The van der Waals surface area contributed by atoms with Crippen molar-refractivity contribution in [1.29, 1.82) is 0 Å². The van der Waals surface area contributed by atoms with Crippen LogP contribution < -0.4 is 0 Å². The fourth-order valence-electron chi connectivity index (χ4n) is 1.24. The molecule has 1 N–H and O–H groups in total. The predicted molar refractivity (Wildman–Crippen MR) is 57.2 cm³/mol. The molecule has 3 nitrogen and oxygen atoms in total. The third kappa shape index (κ3) is 2.32. The first-order chi connectivity index (χ1) is 6.56.